The summed E-state index contributed by atoms with van der Waals surface area (Å²) in [5.41, 5.74) is 1.44. The van der Waals surface area contributed by atoms with E-state index in [0.717, 1.165) is 44.3 Å². The van der Waals surface area contributed by atoms with E-state index in [0.29, 0.717) is 24.8 Å². The van der Waals surface area contributed by atoms with Gasteiger partial charge >= 0.3 is 5.97 Å². The summed E-state index contributed by atoms with van der Waals surface area (Å²) in [5.74, 6) is -0.362. The first-order valence-electron chi connectivity index (χ1n) is 10.4. The maximum absolute atomic E-state index is 13.2. The largest absolute Gasteiger partial charge is 0.481 e. The van der Waals surface area contributed by atoms with Crippen LogP contribution in [0.3, 0.4) is 0 Å². The van der Waals surface area contributed by atoms with E-state index in [2.05, 4.69) is 4.90 Å². The van der Waals surface area contributed by atoms with Crippen molar-refractivity contribution in [3.05, 3.63) is 71.5 Å². The smallest absolute Gasteiger partial charge is 0.314 e. The van der Waals surface area contributed by atoms with Gasteiger partial charge in [0.15, 0.2) is 0 Å². The summed E-state index contributed by atoms with van der Waals surface area (Å²) in [6.45, 7) is 2.08. The average Bonchev–Trinajstić information content (AvgIpc) is 2.75. The number of rotatable bonds is 4. The number of aliphatic carboxylic acids is 1. The van der Waals surface area contributed by atoms with Crippen LogP contribution in [0.25, 0.3) is 0 Å². The Morgan fingerprint density at radius 1 is 0.929 bits per heavy atom. The topological polar surface area (TPSA) is 40.5 Å². The molecule has 0 bridgehead atoms. The van der Waals surface area contributed by atoms with Crippen LogP contribution < -0.4 is 0 Å². The molecule has 1 saturated carbocycles. The zero-order valence-electron chi connectivity index (χ0n) is 16.2. The van der Waals surface area contributed by atoms with E-state index < -0.39 is 11.4 Å². The van der Waals surface area contributed by atoms with Crippen molar-refractivity contribution in [1.82, 2.24) is 4.90 Å². The van der Waals surface area contributed by atoms with Crippen molar-refractivity contribution < 1.29 is 14.3 Å². The standard InChI is InChI=1S/C24H28FNO2/c25-21-8-6-18(7-9-21)19-12-16-26(17-13-19)22-10-14-24(15-11-22,23(27)28)20-4-2-1-3-5-20/h1-9,19,22H,10-17H2,(H,27,28). The predicted octanol–water partition coefficient (Wildman–Crippen LogP) is 4.97. The van der Waals surface area contributed by atoms with E-state index in [1.165, 1.54) is 5.56 Å². The monoisotopic (exact) mass is 381 g/mol. The summed E-state index contributed by atoms with van der Waals surface area (Å²) < 4.78 is 13.2. The number of halogens is 1. The van der Waals surface area contributed by atoms with Crippen molar-refractivity contribution in [2.75, 3.05) is 13.1 Å². The Bertz CT molecular complexity index is 789. The van der Waals surface area contributed by atoms with Gasteiger partial charge in [0.25, 0.3) is 0 Å². The molecule has 0 atom stereocenters. The average molecular weight is 381 g/mol. The van der Waals surface area contributed by atoms with Gasteiger partial charge < -0.3 is 10.0 Å². The fourth-order valence-electron chi connectivity index (χ4n) is 5.18. The van der Waals surface area contributed by atoms with Crippen molar-refractivity contribution in [1.29, 1.82) is 0 Å². The number of likely N-dealkylation sites (tertiary alicyclic amines) is 1. The number of carboxylic acid groups (broad SMARTS) is 1. The molecule has 4 rings (SSSR count). The molecule has 3 nitrogen and oxygen atoms in total. The van der Waals surface area contributed by atoms with E-state index in [1.807, 2.05) is 42.5 Å². The van der Waals surface area contributed by atoms with E-state index in [4.69, 9.17) is 0 Å². The van der Waals surface area contributed by atoms with Gasteiger partial charge in [-0.3, -0.25) is 4.79 Å². The molecule has 2 aromatic rings. The van der Waals surface area contributed by atoms with E-state index in [9.17, 15) is 14.3 Å². The Balaban J connectivity index is 1.37. The molecule has 0 spiro atoms. The van der Waals surface area contributed by atoms with Gasteiger partial charge in [0.1, 0.15) is 5.82 Å². The molecule has 2 fully saturated rings. The lowest BCUT2D eigenvalue weighted by Gasteiger charge is -2.44. The summed E-state index contributed by atoms with van der Waals surface area (Å²) in [4.78, 5) is 14.7. The molecule has 2 aromatic carbocycles. The van der Waals surface area contributed by atoms with E-state index in [1.54, 1.807) is 12.1 Å². The zero-order valence-corrected chi connectivity index (χ0v) is 16.2. The Morgan fingerprint density at radius 2 is 1.54 bits per heavy atom. The zero-order chi connectivity index (χ0) is 19.6. The van der Waals surface area contributed by atoms with Gasteiger partial charge in [-0.15, -0.1) is 0 Å². The highest BCUT2D eigenvalue weighted by Crippen LogP contribution is 2.42. The second-order valence-electron chi connectivity index (χ2n) is 8.35. The van der Waals surface area contributed by atoms with Gasteiger partial charge in [-0.1, -0.05) is 42.5 Å². The third-order valence-corrected chi connectivity index (χ3v) is 6.93. The minimum atomic E-state index is -0.732. The molecule has 0 unspecified atom stereocenters. The van der Waals surface area contributed by atoms with Crippen molar-refractivity contribution in [3.63, 3.8) is 0 Å². The second kappa shape index (κ2) is 8.04. The molecule has 1 saturated heterocycles. The van der Waals surface area contributed by atoms with Crippen LogP contribution in [-0.2, 0) is 10.2 Å². The van der Waals surface area contributed by atoms with Gasteiger partial charge in [0.05, 0.1) is 5.41 Å². The maximum atomic E-state index is 13.2. The van der Waals surface area contributed by atoms with Crippen LogP contribution in [0.4, 0.5) is 4.39 Å². The van der Waals surface area contributed by atoms with Crippen LogP contribution in [0.15, 0.2) is 54.6 Å². The maximum Gasteiger partial charge on any atom is 0.314 e. The fourth-order valence-corrected chi connectivity index (χ4v) is 5.18. The summed E-state index contributed by atoms with van der Waals surface area (Å²) >= 11 is 0. The van der Waals surface area contributed by atoms with Gasteiger partial charge in [0.2, 0.25) is 0 Å². The van der Waals surface area contributed by atoms with Crippen LogP contribution >= 0.6 is 0 Å². The highest BCUT2D eigenvalue weighted by Gasteiger charge is 2.44. The van der Waals surface area contributed by atoms with Gasteiger partial charge in [-0.2, -0.15) is 0 Å². The van der Waals surface area contributed by atoms with Gasteiger partial charge in [-0.25, -0.2) is 4.39 Å². The number of carboxylic acids is 1. The molecule has 0 amide bonds. The second-order valence-corrected chi connectivity index (χ2v) is 8.35. The first-order chi connectivity index (χ1) is 13.6. The lowest BCUT2D eigenvalue weighted by molar-refractivity contribution is -0.145. The van der Waals surface area contributed by atoms with Crippen molar-refractivity contribution in [3.8, 4) is 0 Å². The minimum absolute atomic E-state index is 0.177. The number of nitrogens with zero attached hydrogens (tertiary/aromatic N) is 1. The third-order valence-electron chi connectivity index (χ3n) is 6.93. The van der Waals surface area contributed by atoms with Crippen LogP contribution in [0.5, 0.6) is 0 Å². The lowest BCUT2D eigenvalue weighted by Crippen LogP contribution is -2.48. The molecule has 1 aliphatic carbocycles. The normalized spacial score (nSPS) is 26.8. The number of benzene rings is 2. The van der Waals surface area contributed by atoms with Crippen LogP contribution in [0, 0.1) is 5.82 Å². The molecular weight excluding hydrogens is 353 g/mol. The summed E-state index contributed by atoms with van der Waals surface area (Å²) in [5, 5.41) is 9.98. The molecule has 1 N–H and O–H groups in total. The Kier molecular flexibility index (Phi) is 5.49. The molecule has 148 valence electrons. The molecule has 2 aliphatic rings. The third kappa shape index (κ3) is 3.70. The number of hydrogen-bond acceptors (Lipinski definition) is 2. The van der Waals surface area contributed by atoms with Crippen LogP contribution in [-0.4, -0.2) is 35.1 Å². The quantitative estimate of drug-likeness (QED) is 0.813. The molecule has 1 aliphatic heterocycles. The first kappa shape index (κ1) is 19.1. The van der Waals surface area contributed by atoms with Crippen molar-refractivity contribution in [2.24, 2.45) is 0 Å². The van der Waals surface area contributed by atoms with E-state index >= 15 is 0 Å². The molecule has 0 aromatic heterocycles. The Labute approximate surface area is 166 Å². The summed E-state index contributed by atoms with van der Waals surface area (Å²) in [7, 11) is 0. The molecule has 28 heavy (non-hydrogen) atoms. The predicted molar refractivity (Wildman–Crippen MR) is 108 cm³/mol. The number of hydrogen-bond donors (Lipinski definition) is 1. The number of carbonyl (C=O) groups is 1. The van der Waals surface area contributed by atoms with E-state index in [-0.39, 0.29) is 5.82 Å². The molecule has 1 heterocycles. The van der Waals surface area contributed by atoms with Gasteiger partial charge in [-0.05, 0) is 80.8 Å². The SMILES string of the molecule is O=C(O)C1(c2ccccc2)CCC(N2CCC(c3ccc(F)cc3)CC2)CC1. The number of piperidine rings is 1. The van der Waals surface area contributed by atoms with Crippen molar-refractivity contribution in [2.45, 2.75) is 55.9 Å². The lowest BCUT2D eigenvalue weighted by atomic mass is 9.68. The first-order valence-corrected chi connectivity index (χ1v) is 10.4. The van der Waals surface area contributed by atoms with Crippen molar-refractivity contribution >= 4 is 5.97 Å². The minimum Gasteiger partial charge on any atom is -0.481 e. The van der Waals surface area contributed by atoms with Crippen LogP contribution in [0.2, 0.25) is 0 Å². The molecule has 0 radical (unpaired) electrons. The summed E-state index contributed by atoms with van der Waals surface area (Å²) in [6.07, 6.45) is 5.45. The highest BCUT2D eigenvalue weighted by molar-refractivity contribution is 5.81. The highest BCUT2D eigenvalue weighted by atomic mass is 19.1. The Morgan fingerprint density at radius 3 is 2.11 bits per heavy atom. The molecule has 4 heteroatoms. The summed E-state index contributed by atoms with van der Waals surface area (Å²) in [6, 6.07) is 17.1. The van der Waals surface area contributed by atoms with Crippen LogP contribution in [0.1, 0.15) is 55.6 Å². The fraction of sp³-hybridized carbons (Fsp3) is 0.458. The molecular formula is C24H28FNO2. The Hall–Kier alpha value is -2.20. The van der Waals surface area contributed by atoms with Gasteiger partial charge in [0, 0.05) is 6.04 Å².